The quantitative estimate of drug-likeness (QED) is 0.694. The monoisotopic (exact) mass is 369 g/mol. The van der Waals surface area contributed by atoms with Gasteiger partial charge in [0.2, 0.25) is 5.91 Å². The predicted octanol–water partition coefficient (Wildman–Crippen LogP) is 4.69. The number of rotatable bonds is 6. The van der Waals surface area contributed by atoms with E-state index >= 15 is 0 Å². The lowest BCUT2D eigenvalue weighted by atomic mass is 10.1. The van der Waals surface area contributed by atoms with E-state index in [2.05, 4.69) is 0 Å². The molecule has 0 radical (unpaired) electrons. The van der Waals surface area contributed by atoms with E-state index in [4.69, 9.17) is 4.74 Å². The Labute approximate surface area is 163 Å². The molecule has 4 nitrogen and oxygen atoms in total. The van der Waals surface area contributed by atoms with E-state index in [1.807, 2.05) is 95.4 Å². The fraction of sp³-hybridized carbons (Fsp3) is 0.391. The van der Waals surface area contributed by atoms with E-state index in [0.717, 1.165) is 5.56 Å². The van der Waals surface area contributed by atoms with Gasteiger partial charge >= 0.3 is 5.97 Å². The molecule has 0 spiro atoms. The SMILES string of the molecule is CC(C)C(=O)N(C)Cc1ccccc1.CC(C)C(=O)OCc1ccccc1. The Hall–Kier alpha value is -2.62. The van der Waals surface area contributed by atoms with E-state index in [9.17, 15) is 9.59 Å². The minimum atomic E-state index is -0.149. The van der Waals surface area contributed by atoms with Crippen LogP contribution in [-0.4, -0.2) is 23.8 Å². The Morgan fingerprint density at radius 2 is 1.30 bits per heavy atom. The summed E-state index contributed by atoms with van der Waals surface area (Å²) in [6, 6.07) is 19.7. The highest BCUT2D eigenvalue weighted by atomic mass is 16.5. The fourth-order valence-corrected chi connectivity index (χ4v) is 2.27. The summed E-state index contributed by atoms with van der Waals surface area (Å²) in [5, 5.41) is 0. The third-order valence-electron chi connectivity index (χ3n) is 3.83. The molecule has 0 aromatic heterocycles. The molecule has 0 aliphatic rings. The topological polar surface area (TPSA) is 46.6 Å². The van der Waals surface area contributed by atoms with Gasteiger partial charge < -0.3 is 9.64 Å². The van der Waals surface area contributed by atoms with Crippen LogP contribution in [0.4, 0.5) is 0 Å². The molecule has 0 N–H and O–H groups in total. The number of nitrogens with zero attached hydrogens (tertiary/aromatic N) is 1. The summed E-state index contributed by atoms with van der Waals surface area (Å²) in [7, 11) is 1.84. The molecular formula is C23H31NO3. The van der Waals surface area contributed by atoms with Crippen molar-refractivity contribution in [2.45, 2.75) is 40.8 Å². The zero-order valence-electron chi connectivity index (χ0n) is 17.0. The van der Waals surface area contributed by atoms with Gasteiger partial charge in [0.15, 0.2) is 0 Å². The van der Waals surface area contributed by atoms with Gasteiger partial charge in [0.1, 0.15) is 6.61 Å². The number of hydrogen-bond acceptors (Lipinski definition) is 3. The molecule has 4 heteroatoms. The number of ether oxygens (including phenoxy) is 1. The average Bonchev–Trinajstić information content (AvgIpc) is 2.67. The lowest BCUT2D eigenvalue weighted by molar-refractivity contribution is -0.148. The minimum absolute atomic E-state index is 0.0521. The predicted molar refractivity (Wildman–Crippen MR) is 109 cm³/mol. The first-order chi connectivity index (χ1) is 12.8. The summed E-state index contributed by atoms with van der Waals surface area (Å²) in [4.78, 5) is 24.4. The molecular weight excluding hydrogens is 338 g/mol. The number of amides is 1. The van der Waals surface area contributed by atoms with Crippen LogP contribution in [0.1, 0.15) is 38.8 Å². The summed E-state index contributed by atoms with van der Waals surface area (Å²) in [6.07, 6.45) is 0. The van der Waals surface area contributed by atoms with Gasteiger partial charge in [-0.15, -0.1) is 0 Å². The largest absolute Gasteiger partial charge is 0.461 e. The van der Waals surface area contributed by atoms with Crippen molar-refractivity contribution in [1.29, 1.82) is 0 Å². The molecule has 0 heterocycles. The normalized spacial score (nSPS) is 10.2. The zero-order chi connectivity index (χ0) is 20.2. The molecule has 0 fully saturated rings. The third kappa shape index (κ3) is 9.04. The summed E-state index contributed by atoms with van der Waals surface area (Å²) in [6.45, 7) is 8.56. The lowest BCUT2D eigenvalue weighted by Gasteiger charge is -2.19. The first kappa shape index (κ1) is 22.4. The maximum atomic E-state index is 11.6. The van der Waals surface area contributed by atoms with Crippen molar-refractivity contribution in [3.8, 4) is 0 Å². The van der Waals surface area contributed by atoms with E-state index in [1.54, 1.807) is 4.90 Å². The van der Waals surface area contributed by atoms with Crippen LogP contribution in [0.25, 0.3) is 0 Å². The molecule has 146 valence electrons. The highest BCUT2D eigenvalue weighted by Gasteiger charge is 2.12. The van der Waals surface area contributed by atoms with Crippen molar-refractivity contribution in [2.24, 2.45) is 11.8 Å². The Balaban J connectivity index is 0.000000271. The van der Waals surface area contributed by atoms with Crippen molar-refractivity contribution >= 4 is 11.9 Å². The van der Waals surface area contributed by atoms with Crippen LogP contribution >= 0.6 is 0 Å². The van der Waals surface area contributed by atoms with Crippen molar-refractivity contribution in [2.75, 3.05) is 7.05 Å². The van der Waals surface area contributed by atoms with Gasteiger partial charge in [0.05, 0.1) is 5.92 Å². The molecule has 0 aliphatic carbocycles. The molecule has 1 amide bonds. The van der Waals surface area contributed by atoms with Crippen molar-refractivity contribution < 1.29 is 14.3 Å². The zero-order valence-corrected chi connectivity index (χ0v) is 17.0. The van der Waals surface area contributed by atoms with Gasteiger partial charge in [-0.05, 0) is 11.1 Å². The number of carbonyl (C=O) groups excluding carboxylic acids is 2. The summed E-state index contributed by atoms with van der Waals surface area (Å²) >= 11 is 0. The van der Waals surface area contributed by atoms with Gasteiger partial charge in [-0.2, -0.15) is 0 Å². The summed E-state index contributed by atoms with van der Waals surface area (Å²) in [5.41, 5.74) is 2.19. The van der Waals surface area contributed by atoms with Gasteiger partial charge in [0, 0.05) is 19.5 Å². The van der Waals surface area contributed by atoms with E-state index in [1.165, 1.54) is 5.56 Å². The van der Waals surface area contributed by atoms with E-state index in [-0.39, 0.29) is 23.7 Å². The molecule has 0 saturated heterocycles. The Morgan fingerprint density at radius 1 is 0.815 bits per heavy atom. The van der Waals surface area contributed by atoms with E-state index < -0.39 is 0 Å². The van der Waals surface area contributed by atoms with Crippen LogP contribution in [0.15, 0.2) is 60.7 Å². The molecule has 0 atom stereocenters. The Morgan fingerprint density at radius 3 is 1.74 bits per heavy atom. The number of carbonyl (C=O) groups is 2. The highest BCUT2D eigenvalue weighted by Crippen LogP contribution is 2.06. The molecule has 2 aromatic carbocycles. The Bertz CT molecular complexity index is 681. The molecule has 0 bridgehead atoms. The van der Waals surface area contributed by atoms with Crippen LogP contribution in [0.2, 0.25) is 0 Å². The first-order valence-corrected chi connectivity index (χ1v) is 9.30. The maximum Gasteiger partial charge on any atom is 0.308 e. The molecule has 27 heavy (non-hydrogen) atoms. The van der Waals surface area contributed by atoms with Crippen molar-refractivity contribution in [3.05, 3.63) is 71.8 Å². The average molecular weight is 370 g/mol. The number of benzene rings is 2. The van der Waals surface area contributed by atoms with Gasteiger partial charge in [-0.25, -0.2) is 0 Å². The van der Waals surface area contributed by atoms with Crippen LogP contribution in [0.3, 0.4) is 0 Å². The van der Waals surface area contributed by atoms with Crippen LogP contribution in [0.5, 0.6) is 0 Å². The smallest absolute Gasteiger partial charge is 0.308 e. The lowest BCUT2D eigenvalue weighted by Crippen LogP contribution is -2.29. The first-order valence-electron chi connectivity index (χ1n) is 9.30. The third-order valence-corrected chi connectivity index (χ3v) is 3.83. The van der Waals surface area contributed by atoms with Gasteiger partial charge in [-0.3, -0.25) is 9.59 Å². The Kier molecular flexibility index (Phi) is 9.88. The van der Waals surface area contributed by atoms with Crippen LogP contribution < -0.4 is 0 Å². The summed E-state index contributed by atoms with van der Waals surface area (Å²) in [5.74, 6) is 0.0603. The number of esters is 1. The van der Waals surface area contributed by atoms with E-state index in [0.29, 0.717) is 13.2 Å². The van der Waals surface area contributed by atoms with Crippen LogP contribution in [0, 0.1) is 11.8 Å². The van der Waals surface area contributed by atoms with Crippen molar-refractivity contribution in [3.63, 3.8) is 0 Å². The molecule has 0 unspecified atom stereocenters. The molecule has 0 saturated carbocycles. The second-order valence-electron chi connectivity index (χ2n) is 7.08. The molecule has 0 aliphatic heterocycles. The standard InChI is InChI=1S/C12H17NO.C11H14O2/c1-10(2)12(14)13(3)9-11-7-5-4-6-8-11;1-9(2)11(12)13-8-10-6-4-3-5-7-10/h4-8,10H,9H2,1-3H3;3-7,9H,8H2,1-2H3. The van der Waals surface area contributed by atoms with Crippen molar-refractivity contribution in [1.82, 2.24) is 4.90 Å². The van der Waals surface area contributed by atoms with Gasteiger partial charge in [-0.1, -0.05) is 88.4 Å². The van der Waals surface area contributed by atoms with Gasteiger partial charge in [0.25, 0.3) is 0 Å². The fourth-order valence-electron chi connectivity index (χ4n) is 2.27. The maximum absolute atomic E-state index is 11.6. The number of hydrogen-bond donors (Lipinski definition) is 0. The minimum Gasteiger partial charge on any atom is -0.461 e. The summed E-state index contributed by atoms with van der Waals surface area (Å²) < 4.78 is 5.05. The highest BCUT2D eigenvalue weighted by molar-refractivity contribution is 5.77. The molecule has 2 rings (SSSR count). The van der Waals surface area contributed by atoms with Crippen LogP contribution in [-0.2, 0) is 27.5 Å². The molecule has 2 aromatic rings. The second kappa shape index (κ2) is 11.9. The second-order valence-corrected chi connectivity index (χ2v) is 7.08.